The van der Waals surface area contributed by atoms with Gasteiger partial charge in [-0.25, -0.2) is 17.7 Å². The zero-order valence-electron chi connectivity index (χ0n) is 20.0. The lowest BCUT2D eigenvalue weighted by atomic mass is 10.1. The number of aryl methyl sites for hydroxylation is 2. The second kappa shape index (κ2) is 10.5. The third kappa shape index (κ3) is 5.98. The van der Waals surface area contributed by atoms with Crippen LogP contribution in [0.1, 0.15) is 24.7 Å². The van der Waals surface area contributed by atoms with Crippen molar-refractivity contribution in [2.75, 3.05) is 40.1 Å². The Balaban J connectivity index is 1.68. The number of carbonyl (C=O) groups excluding carboxylic acids is 1. The van der Waals surface area contributed by atoms with Crippen LogP contribution >= 0.6 is 0 Å². The first-order valence-corrected chi connectivity index (χ1v) is 12.5. The van der Waals surface area contributed by atoms with Crippen LogP contribution in [0.15, 0.2) is 47.4 Å². The Kier molecular flexibility index (Phi) is 7.88. The van der Waals surface area contributed by atoms with E-state index in [2.05, 4.69) is 15.2 Å². The fourth-order valence-corrected chi connectivity index (χ4v) is 4.55. The summed E-state index contributed by atoms with van der Waals surface area (Å²) in [5.74, 6) is 0.683. The molecule has 1 aromatic heterocycles. The molecule has 0 atom stereocenters. The third-order valence-electron chi connectivity index (χ3n) is 5.55. The Labute approximate surface area is 196 Å². The van der Waals surface area contributed by atoms with Gasteiger partial charge in [0, 0.05) is 45.7 Å². The molecular formula is C24H33N5O3S. The lowest BCUT2D eigenvalue weighted by Crippen LogP contribution is -2.22. The average Bonchev–Trinajstić information content (AvgIpc) is 3.13. The van der Waals surface area contributed by atoms with Gasteiger partial charge in [0.25, 0.3) is 0 Å². The summed E-state index contributed by atoms with van der Waals surface area (Å²) in [4.78, 5) is 19.5. The number of rotatable bonds is 10. The van der Waals surface area contributed by atoms with Crippen molar-refractivity contribution < 1.29 is 13.2 Å². The fraction of sp³-hybridized carbons (Fsp3) is 0.417. The molecule has 9 heteroatoms. The molecule has 0 unspecified atom stereocenters. The fourth-order valence-electron chi connectivity index (χ4n) is 3.63. The zero-order chi connectivity index (χ0) is 24.2. The maximum Gasteiger partial charge on any atom is 0.242 e. The van der Waals surface area contributed by atoms with Crippen LogP contribution in [0.25, 0.3) is 11.0 Å². The number of nitrogens with zero attached hydrogens (tertiary/aromatic N) is 4. The SMILES string of the molecule is CCn1c(CCC(=O)Nc2ccc(CCN(C)C)cc2)nc2cc(S(=O)(=O)N(C)C)ccc21. The second-order valence-electron chi connectivity index (χ2n) is 8.51. The second-order valence-corrected chi connectivity index (χ2v) is 10.7. The van der Waals surface area contributed by atoms with Crippen LogP contribution in [0.5, 0.6) is 0 Å². The predicted octanol–water partition coefficient (Wildman–Crippen LogP) is 2.98. The van der Waals surface area contributed by atoms with Gasteiger partial charge < -0.3 is 14.8 Å². The molecule has 0 aliphatic rings. The van der Waals surface area contributed by atoms with E-state index >= 15 is 0 Å². The van der Waals surface area contributed by atoms with Crippen LogP contribution < -0.4 is 5.32 Å². The predicted molar refractivity (Wildman–Crippen MR) is 132 cm³/mol. The topological polar surface area (TPSA) is 87.5 Å². The summed E-state index contributed by atoms with van der Waals surface area (Å²) < 4.78 is 28.1. The van der Waals surface area contributed by atoms with E-state index in [1.807, 2.05) is 49.9 Å². The van der Waals surface area contributed by atoms with E-state index in [0.717, 1.165) is 30.0 Å². The maximum absolute atomic E-state index is 12.5. The molecule has 33 heavy (non-hydrogen) atoms. The molecule has 8 nitrogen and oxygen atoms in total. The first kappa shape index (κ1) is 24.9. The first-order valence-electron chi connectivity index (χ1n) is 11.1. The van der Waals surface area contributed by atoms with Crippen LogP contribution in [0, 0.1) is 0 Å². The van der Waals surface area contributed by atoms with Crippen molar-refractivity contribution in [2.45, 2.75) is 37.6 Å². The molecule has 0 saturated heterocycles. The Morgan fingerprint density at radius 3 is 2.33 bits per heavy atom. The van der Waals surface area contributed by atoms with Gasteiger partial charge in [-0.05, 0) is 63.3 Å². The minimum absolute atomic E-state index is 0.0818. The number of carbonyl (C=O) groups is 1. The number of fused-ring (bicyclic) bond motifs is 1. The zero-order valence-corrected chi connectivity index (χ0v) is 20.8. The third-order valence-corrected chi connectivity index (χ3v) is 7.37. The summed E-state index contributed by atoms with van der Waals surface area (Å²) in [6.07, 6.45) is 1.71. The summed E-state index contributed by atoms with van der Waals surface area (Å²) in [6.45, 7) is 3.67. The van der Waals surface area contributed by atoms with Gasteiger partial charge in [0.15, 0.2) is 0 Å². The van der Waals surface area contributed by atoms with Crippen molar-refractivity contribution in [2.24, 2.45) is 0 Å². The van der Waals surface area contributed by atoms with Gasteiger partial charge >= 0.3 is 0 Å². The molecule has 0 fully saturated rings. The standard InChI is InChI=1S/C24H33N5O3S/c1-6-29-22-12-11-20(33(31,32)28(4)5)17-21(22)26-23(29)13-14-24(30)25-19-9-7-18(8-10-19)15-16-27(2)3/h7-12,17H,6,13-16H2,1-5H3,(H,25,30). The molecule has 3 aromatic rings. The normalized spacial score (nSPS) is 12.1. The van der Waals surface area contributed by atoms with E-state index in [9.17, 15) is 13.2 Å². The molecule has 0 bridgehead atoms. The van der Waals surface area contributed by atoms with Crippen LogP contribution in [0.3, 0.4) is 0 Å². The van der Waals surface area contributed by atoms with Crippen LogP contribution in [-0.4, -0.2) is 67.8 Å². The summed E-state index contributed by atoms with van der Waals surface area (Å²) in [5.41, 5.74) is 3.48. The molecule has 1 amide bonds. The summed E-state index contributed by atoms with van der Waals surface area (Å²) in [7, 11) is 3.57. The lowest BCUT2D eigenvalue weighted by Gasteiger charge is -2.11. The van der Waals surface area contributed by atoms with E-state index in [1.165, 1.54) is 24.0 Å². The largest absolute Gasteiger partial charge is 0.328 e. The van der Waals surface area contributed by atoms with E-state index in [-0.39, 0.29) is 17.2 Å². The van der Waals surface area contributed by atoms with Gasteiger partial charge in [0.2, 0.25) is 15.9 Å². The molecule has 0 aliphatic heterocycles. The number of hydrogen-bond acceptors (Lipinski definition) is 5. The number of imidazole rings is 1. The van der Waals surface area contributed by atoms with Gasteiger partial charge in [-0.2, -0.15) is 0 Å². The molecule has 178 valence electrons. The van der Waals surface area contributed by atoms with Crippen LogP contribution in [0.4, 0.5) is 5.69 Å². The summed E-state index contributed by atoms with van der Waals surface area (Å²) >= 11 is 0. The van der Waals surface area contributed by atoms with E-state index in [4.69, 9.17) is 0 Å². The van der Waals surface area contributed by atoms with Gasteiger partial charge in [0.1, 0.15) is 5.82 Å². The molecule has 3 rings (SSSR count). The number of sulfonamides is 1. The van der Waals surface area contributed by atoms with Crippen molar-refractivity contribution in [3.8, 4) is 0 Å². The van der Waals surface area contributed by atoms with Crippen molar-refractivity contribution >= 4 is 32.7 Å². The Morgan fingerprint density at radius 1 is 1.03 bits per heavy atom. The van der Waals surface area contributed by atoms with Gasteiger partial charge in [-0.3, -0.25) is 4.79 Å². The lowest BCUT2D eigenvalue weighted by molar-refractivity contribution is -0.116. The van der Waals surface area contributed by atoms with E-state index < -0.39 is 10.0 Å². The van der Waals surface area contributed by atoms with Crippen LogP contribution in [0.2, 0.25) is 0 Å². The highest BCUT2D eigenvalue weighted by molar-refractivity contribution is 7.89. The Bertz CT molecular complexity index is 1210. The molecule has 1 heterocycles. The number of amides is 1. The van der Waals surface area contributed by atoms with E-state index in [0.29, 0.717) is 18.5 Å². The molecule has 0 saturated carbocycles. The van der Waals surface area contributed by atoms with Gasteiger partial charge in [0.05, 0.1) is 15.9 Å². The number of aromatic nitrogens is 2. The molecule has 0 spiro atoms. The summed E-state index contributed by atoms with van der Waals surface area (Å²) in [5, 5.41) is 2.95. The minimum atomic E-state index is -3.53. The maximum atomic E-state index is 12.5. The van der Waals surface area contributed by atoms with E-state index in [1.54, 1.807) is 18.2 Å². The highest BCUT2D eigenvalue weighted by Gasteiger charge is 2.19. The number of benzene rings is 2. The Hall–Kier alpha value is -2.75. The molecule has 0 aliphatic carbocycles. The molecule has 0 radical (unpaired) electrons. The smallest absolute Gasteiger partial charge is 0.242 e. The highest BCUT2D eigenvalue weighted by Crippen LogP contribution is 2.23. The van der Waals surface area contributed by atoms with Gasteiger partial charge in [-0.1, -0.05) is 12.1 Å². The van der Waals surface area contributed by atoms with Crippen molar-refractivity contribution in [3.05, 3.63) is 53.9 Å². The van der Waals surface area contributed by atoms with Gasteiger partial charge in [-0.15, -0.1) is 0 Å². The highest BCUT2D eigenvalue weighted by atomic mass is 32.2. The monoisotopic (exact) mass is 471 g/mol. The number of hydrogen-bond donors (Lipinski definition) is 1. The number of nitrogens with one attached hydrogen (secondary N) is 1. The summed E-state index contributed by atoms with van der Waals surface area (Å²) in [6, 6.07) is 12.9. The van der Waals surface area contributed by atoms with Crippen molar-refractivity contribution in [3.63, 3.8) is 0 Å². The first-order chi connectivity index (χ1) is 15.6. The number of likely N-dealkylation sites (N-methyl/N-ethyl adjacent to an activating group) is 1. The minimum Gasteiger partial charge on any atom is -0.328 e. The average molecular weight is 472 g/mol. The van der Waals surface area contributed by atoms with Crippen molar-refractivity contribution in [1.82, 2.24) is 18.8 Å². The number of anilines is 1. The van der Waals surface area contributed by atoms with Crippen molar-refractivity contribution in [1.29, 1.82) is 0 Å². The molecule has 2 aromatic carbocycles. The Morgan fingerprint density at radius 2 is 1.73 bits per heavy atom. The molecule has 1 N–H and O–H groups in total. The molecular weight excluding hydrogens is 438 g/mol. The van der Waals surface area contributed by atoms with Crippen LogP contribution in [-0.2, 0) is 34.2 Å². The quantitative estimate of drug-likeness (QED) is 0.491.